The minimum absolute atomic E-state index is 0.0803. The Bertz CT molecular complexity index is 827. The highest BCUT2D eigenvalue weighted by Crippen LogP contribution is 2.32. The van der Waals surface area contributed by atoms with Gasteiger partial charge in [-0.05, 0) is 55.4 Å². The van der Waals surface area contributed by atoms with Crippen molar-refractivity contribution in [2.24, 2.45) is 5.92 Å². The van der Waals surface area contributed by atoms with Gasteiger partial charge in [0.2, 0.25) is 10.0 Å². The van der Waals surface area contributed by atoms with Gasteiger partial charge in [-0.25, -0.2) is 8.42 Å². The summed E-state index contributed by atoms with van der Waals surface area (Å²) < 4.78 is 38.7. The van der Waals surface area contributed by atoms with E-state index in [0.29, 0.717) is 37.7 Å². The van der Waals surface area contributed by atoms with Crippen LogP contribution in [0.5, 0.6) is 5.75 Å². The largest absolute Gasteiger partial charge is 0.480 e. The summed E-state index contributed by atoms with van der Waals surface area (Å²) in [6, 6.07) is 4.91. The van der Waals surface area contributed by atoms with Crippen LogP contribution in [0.2, 0.25) is 0 Å². The second kappa shape index (κ2) is 8.00. The summed E-state index contributed by atoms with van der Waals surface area (Å²) in [5.74, 6) is 0.971. The topological polar surface area (TPSA) is 84.9 Å². The number of piperidine rings is 1. The number of carbonyl (C=O) groups excluding carboxylic acids is 1. The lowest BCUT2D eigenvalue weighted by molar-refractivity contribution is -0.127. The fourth-order valence-electron chi connectivity index (χ4n) is 4.04. The monoisotopic (exact) mass is 408 g/mol. The number of sulfonamides is 1. The van der Waals surface area contributed by atoms with Gasteiger partial charge in [0.1, 0.15) is 5.75 Å². The molecule has 3 heterocycles. The molecular weight excluding hydrogens is 380 g/mol. The normalized spacial score (nSPS) is 26.0. The van der Waals surface area contributed by atoms with Crippen LogP contribution >= 0.6 is 0 Å². The number of amides is 1. The van der Waals surface area contributed by atoms with Gasteiger partial charge < -0.3 is 14.8 Å². The van der Waals surface area contributed by atoms with Gasteiger partial charge in [-0.1, -0.05) is 6.92 Å². The summed E-state index contributed by atoms with van der Waals surface area (Å²) in [4.78, 5) is 12.7. The summed E-state index contributed by atoms with van der Waals surface area (Å²) in [6.45, 7) is 4.51. The fourth-order valence-corrected chi connectivity index (χ4v) is 5.56. The summed E-state index contributed by atoms with van der Waals surface area (Å²) in [5.41, 5.74) is 0.767. The van der Waals surface area contributed by atoms with Crippen molar-refractivity contribution in [2.45, 2.75) is 56.1 Å². The summed E-state index contributed by atoms with van der Waals surface area (Å²) in [5, 5.41) is 2.89. The number of fused-ring (bicyclic) bond motifs is 1. The third-order valence-corrected chi connectivity index (χ3v) is 7.80. The van der Waals surface area contributed by atoms with E-state index in [1.807, 2.05) is 0 Å². The summed E-state index contributed by atoms with van der Waals surface area (Å²) in [6.07, 6.45) is 3.61. The van der Waals surface area contributed by atoms with Crippen molar-refractivity contribution in [3.8, 4) is 5.75 Å². The molecule has 0 saturated carbocycles. The maximum Gasteiger partial charge on any atom is 0.261 e. The first-order chi connectivity index (χ1) is 13.4. The van der Waals surface area contributed by atoms with Crippen LogP contribution in [0.4, 0.5) is 0 Å². The van der Waals surface area contributed by atoms with E-state index in [0.717, 1.165) is 37.9 Å². The molecule has 2 atom stereocenters. The Morgan fingerprint density at radius 3 is 2.75 bits per heavy atom. The van der Waals surface area contributed by atoms with Crippen molar-refractivity contribution in [1.29, 1.82) is 0 Å². The molecule has 3 aliphatic heterocycles. The van der Waals surface area contributed by atoms with E-state index < -0.39 is 16.1 Å². The van der Waals surface area contributed by atoms with Gasteiger partial charge in [0, 0.05) is 32.7 Å². The standard InChI is InChI=1S/C20H28N2O5S/c1-14-6-8-22(9-7-14)28(24,25)17-4-5-18-15(11-17)12-19(27-18)20(23)21-13-16-3-2-10-26-16/h4-5,11,14,16,19H,2-3,6-10,12-13H2,1H3,(H,21,23). The van der Waals surface area contributed by atoms with Gasteiger partial charge in [-0.3, -0.25) is 4.79 Å². The van der Waals surface area contributed by atoms with Crippen molar-refractivity contribution in [3.63, 3.8) is 0 Å². The number of ether oxygens (including phenoxy) is 2. The Kier molecular flexibility index (Phi) is 5.62. The van der Waals surface area contributed by atoms with Crippen molar-refractivity contribution in [2.75, 3.05) is 26.2 Å². The molecule has 1 aromatic rings. The molecule has 1 N–H and O–H groups in total. The molecule has 2 fully saturated rings. The first-order valence-electron chi connectivity index (χ1n) is 10.1. The third-order valence-electron chi connectivity index (χ3n) is 5.91. The molecule has 4 rings (SSSR count). The predicted molar refractivity (Wildman–Crippen MR) is 104 cm³/mol. The molecule has 1 aromatic carbocycles. The third kappa shape index (κ3) is 4.04. The van der Waals surface area contributed by atoms with Crippen LogP contribution in [0.3, 0.4) is 0 Å². The smallest absolute Gasteiger partial charge is 0.261 e. The molecule has 7 nitrogen and oxygen atoms in total. The molecule has 3 aliphatic rings. The van der Waals surface area contributed by atoms with Crippen LogP contribution in [0.1, 0.15) is 38.2 Å². The van der Waals surface area contributed by atoms with Gasteiger partial charge in [-0.2, -0.15) is 4.31 Å². The second-order valence-electron chi connectivity index (χ2n) is 8.05. The fraction of sp³-hybridized carbons (Fsp3) is 0.650. The van der Waals surface area contributed by atoms with E-state index in [-0.39, 0.29) is 16.9 Å². The van der Waals surface area contributed by atoms with Crippen LogP contribution in [0, 0.1) is 5.92 Å². The van der Waals surface area contributed by atoms with E-state index in [1.165, 1.54) is 0 Å². The molecule has 2 saturated heterocycles. The van der Waals surface area contributed by atoms with Gasteiger partial charge in [-0.15, -0.1) is 0 Å². The van der Waals surface area contributed by atoms with Crippen molar-refractivity contribution < 1.29 is 22.7 Å². The number of rotatable bonds is 5. The first kappa shape index (κ1) is 19.7. The zero-order valence-electron chi connectivity index (χ0n) is 16.2. The van der Waals surface area contributed by atoms with Gasteiger partial charge in [0.15, 0.2) is 6.10 Å². The molecule has 8 heteroatoms. The molecular formula is C20H28N2O5S. The average Bonchev–Trinajstić information content (AvgIpc) is 3.35. The molecule has 2 unspecified atom stereocenters. The summed E-state index contributed by atoms with van der Waals surface area (Å²) in [7, 11) is -3.51. The lowest BCUT2D eigenvalue weighted by Gasteiger charge is -2.29. The van der Waals surface area contributed by atoms with E-state index in [9.17, 15) is 13.2 Å². The van der Waals surface area contributed by atoms with Gasteiger partial charge >= 0.3 is 0 Å². The number of hydrogen-bond donors (Lipinski definition) is 1. The van der Waals surface area contributed by atoms with E-state index >= 15 is 0 Å². The lowest BCUT2D eigenvalue weighted by atomic mass is 10.0. The van der Waals surface area contributed by atoms with Gasteiger partial charge in [0.05, 0.1) is 11.0 Å². The Morgan fingerprint density at radius 1 is 1.25 bits per heavy atom. The Hall–Kier alpha value is -1.64. The average molecular weight is 409 g/mol. The number of carbonyl (C=O) groups is 1. The highest BCUT2D eigenvalue weighted by atomic mass is 32.2. The molecule has 28 heavy (non-hydrogen) atoms. The Balaban J connectivity index is 1.40. The highest BCUT2D eigenvalue weighted by molar-refractivity contribution is 7.89. The zero-order valence-corrected chi connectivity index (χ0v) is 17.0. The van der Waals surface area contributed by atoms with Crippen LogP contribution in [0.25, 0.3) is 0 Å². The van der Waals surface area contributed by atoms with E-state index in [1.54, 1.807) is 22.5 Å². The van der Waals surface area contributed by atoms with Crippen LogP contribution in [-0.4, -0.2) is 57.1 Å². The molecule has 0 bridgehead atoms. The maximum absolute atomic E-state index is 13.0. The molecule has 154 valence electrons. The van der Waals surface area contributed by atoms with Crippen LogP contribution in [0.15, 0.2) is 23.1 Å². The number of hydrogen-bond acceptors (Lipinski definition) is 5. The second-order valence-corrected chi connectivity index (χ2v) is 9.98. The maximum atomic E-state index is 13.0. The van der Waals surface area contributed by atoms with E-state index in [2.05, 4.69) is 12.2 Å². The first-order valence-corrected chi connectivity index (χ1v) is 11.6. The Labute approximate surface area is 166 Å². The summed E-state index contributed by atoms with van der Waals surface area (Å²) >= 11 is 0. The predicted octanol–water partition coefficient (Wildman–Crippen LogP) is 1.71. The highest BCUT2D eigenvalue weighted by Gasteiger charge is 2.33. The number of benzene rings is 1. The molecule has 0 spiro atoms. The minimum atomic E-state index is -3.51. The number of nitrogens with zero attached hydrogens (tertiary/aromatic N) is 1. The molecule has 0 aromatic heterocycles. The van der Waals surface area contributed by atoms with Crippen molar-refractivity contribution in [3.05, 3.63) is 23.8 Å². The minimum Gasteiger partial charge on any atom is -0.480 e. The SMILES string of the molecule is CC1CCN(S(=O)(=O)c2ccc3c(c2)CC(C(=O)NCC2CCCO2)O3)CC1. The number of nitrogens with one attached hydrogen (secondary N) is 1. The molecule has 0 aliphatic carbocycles. The molecule has 1 amide bonds. The lowest BCUT2D eigenvalue weighted by Crippen LogP contribution is -2.40. The van der Waals surface area contributed by atoms with Crippen molar-refractivity contribution >= 4 is 15.9 Å². The zero-order chi connectivity index (χ0) is 19.7. The van der Waals surface area contributed by atoms with Gasteiger partial charge in [0.25, 0.3) is 5.91 Å². The van der Waals surface area contributed by atoms with Crippen LogP contribution < -0.4 is 10.1 Å². The molecule has 0 radical (unpaired) electrons. The quantitative estimate of drug-likeness (QED) is 0.802. The van der Waals surface area contributed by atoms with Crippen LogP contribution in [-0.2, 0) is 26.0 Å². The Morgan fingerprint density at radius 2 is 2.04 bits per heavy atom. The van der Waals surface area contributed by atoms with Crippen molar-refractivity contribution in [1.82, 2.24) is 9.62 Å². The van der Waals surface area contributed by atoms with E-state index in [4.69, 9.17) is 9.47 Å².